The van der Waals surface area contributed by atoms with E-state index in [2.05, 4.69) is 10.8 Å². The average molecular weight is 277 g/mol. The molecular weight excluding hydrogens is 268 g/mol. The van der Waals surface area contributed by atoms with E-state index in [1.807, 2.05) is 5.43 Å². The van der Waals surface area contributed by atoms with Crippen LogP contribution >= 0.6 is 11.8 Å². The van der Waals surface area contributed by atoms with Gasteiger partial charge in [-0.2, -0.15) is 13.9 Å². The Kier molecular flexibility index (Phi) is 5.31. The van der Waals surface area contributed by atoms with Crippen molar-refractivity contribution in [1.29, 1.82) is 0 Å². The number of thioether (sulfide) groups is 1. The zero-order valence-corrected chi connectivity index (χ0v) is 9.75. The summed E-state index contributed by atoms with van der Waals surface area (Å²) in [6.07, 6.45) is 1.12. The Balaban J connectivity index is 2.46. The number of hydrazone groups is 1. The minimum atomic E-state index is -2.47. The number of rotatable bonds is 5. The van der Waals surface area contributed by atoms with Gasteiger partial charge in [-0.25, -0.2) is 5.43 Å². The van der Waals surface area contributed by atoms with E-state index in [1.54, 1.807) is 0 Å². The molecule has 0 aliphatic heterocycles. The molecule has 0 bridgehead atoms. The highest BCUT2D eigenvalue weighted by Crippen LogP contribution is 2.20. The van der Waals surface area contributed by atoms with Crippen molar-refractivity contribution in [3.63, 3.8) is 0 Å². The van der Waals surface area contributed by atoms with E-state index in [9.17, 15) is 18.4 Å². The number of halogens is 2. The van der Waals surface area contributed by atoms with Crippen molar-refractivity contribution in [1.82, 2.24) is 5.43 Å². The van der Waals surface area contributed by atoms with Gasteiger partial charge in [0.1, 0.15) is 11.5 Å². The van der Waals surface area contributed by atoms with E-state index < -0.39 is 17.6 Å². The number of hydrogen-bond donors (Lipinski definition) is 2. The Morgan fingerprint density at radius 2 is 2.28 bits per heavy atom. The van der Waals surface area contributed by atoms with Crippen LogP contribution in [-0.2, 0) is 15.3 Å². The van der Waals surface area contributed by atoms with E-state index in [1.165, 1.54) is 12.1 Å². The molecule has 6 nitrogen and oxygen atoms in total. The van der Waals surface area contributed by atoms with Gasteiger partial charge in [-0.05, 0) is 12.1 Å². The summed E-state index contributed by atoms with van der Waals surface area (Å²) in [6, 6.07) is 2.99. The van der Waals surface area contributed by atoms with Crippen molar-refractivity contribution in [2.75, 3.05) is 0 Å². The Morgan fingerprint density at radius 3 is 2.89 bits per heavy atom. The van der Waals surface area contributed by atoms with Gasteiger partial charge in [0.2, 0.25) is 0 Å². The lowest BCUT2D eigenvalue weighted by Gasteiger charge is -1.95. The number of hydrogen-bond acceptors (Lipinski definition) is 5. The molecule has 3 N–H and O–H groups in total. The van der Waals surface area contributed by atoms with Crippen molar-refractivity contribution in [2.45, 2.75) is 11.5 Å². The summed E-state index contributed by atoms with van der Waals surface area (Å²) in [5, 5.41) is 3.40. The van der Waals surface area contributed by atoms with Crippen molar-refractivity contribution in [3.8, 4) is 0 Å². The predicted octanol–water partition coefficient (Wildman–Crippen LogP) is 0.671. The van der Waals surface area contributed by atoms with Crippen molar-refractivity contribution < 1.29 is 22.8 Å². The third-order valence-electron chi connectivity index (χ3n) is 1.62. The number of carbonyl (C=O) groups is 2. The van der Waals surface area contributed by atoms with Crippen LogP contribution in [0, 0.1) is 0 Å². The van der Waals surface area contributed by atoms with Crippen LogP contribution in [0.4, 0.5) is 8.78 Å². The molecule has 0 aliphatic rings. The second-order valence-corrected chi connectivity index (χ2v) is 3.92. The molecule has 1 heterocycles. The van der Waals surface area contributed by atoms with Gasteiger partial charge in [0, 0.05) is 0 Å². The first-order valence-corrected chi connectivity index (χ1v) is 5.65. The smallest absolute Gasteiger partial charge is 0.329 e. The number of amides is 2. The third kappa shape index (κ3) is 4.95. The first-order valence-electron chi connectivity index (χ1n) is 4.60. The SMILES string of the molecule is NC(=O)C(=O)N/N=C\c1ccc(CSC(F)F)o1. The molecule has 0 saturated carbocycles. The summed E-state index contributed by atoms with van der Waals surface area (Å²) in [4.78, 5) is 21.0. The summed E-state index contributed by atoms with van der Waals surface area (Å²) in [7, 11) is 0. The van der Waals surface area contributed by atoms with E-state index in [-0.39, 0.29) is 11.5 Å². The van der Waals surface area contributed by atoms with E-state index in [0.717, 1.165) is 6.21 Å². The Hall–Kier alpha value is -1.90. The normalized spacial score (nSPS) is 11.1. The predicted molar refractivity (Wildman–Crippen MR) is 60.9 cm³/mol. The number of alkyl halides is 2. The number of furan rings is 1. The van der Waals surface area contributed by atoms with Gasteiger partial charge in [-0.15, -0.1) is 0 Å². The molecule has 1 aromatic heterocycles. The van der Waals surface area contributed by atoms with Crippen LogP contribution in [0.15, 0.2) is 21.7 Å². The fourth-order valence-electron chi connectivity index (χ4n) is 0.896. The van der Waals surface area contributed by atoms with Gasteiger partial charge >= 0.3 is 11.8 Å². The Bertz CT molecular complexity index is 462. The van der Waals surface area contributed by atoms with Crippen molar-refractivity contribution in [3.05, 3.63) is 23.7 Å². The van der Waals surface area contributed by atoms with Crippen LogP contribution in [0.5, 0.6) is 0 Å². The fraction of sp³-hybridized carbons (Fsp3) is 0.222. The van der Waals surface area contributed by atoms with Gasteiger partial charge in [0.15, 0.2) is 0 Å². The standard InChI is InChI=1S/C9H9F2N3O3S/c10-9(11)18-4-6-2-1-5(17-6)3-13-14-8(16)7(12)15/h1-3,9H,4H2,(H2,12,15)(H,14,16)/b13-3-. The van der Waals surface area contributed by atoms with Crippen LogP contribution < -0.4 is 11.2 Å². The van der Waals surface area contributed by atoms with Gasteiger partial charge in [0.25, 0.3) is 5.76 Å². The highest BCUT2D eigenvalue weighted by atomic mass is 32.2. The van der Waals surface area contributed by atoms with Gasteiger partial charge in [0.05, 0.1) is 12.0 Å². The van der Waals surface area contributed by atoms with Crippen LogP contribution in [0.1, 0.15) is 11.5 Å². The minimum absolute atomic E-state index is 0.0269. The molecule has 0 aliphatic carbocycles. The average Bonchev–Trinajstić information content (AvgIpc) is 2.74. The number of nitrogens with one attached hydrogen (secondary N) is 1. The molecule has 18 heavy (non-hydrogen) atoms. The van der Waals surface area contributed by atoms with Gasteiger partial charge < -0.3 is 10.2 Å². The van der Waals surface area contributed by atoms with Crippen LogP contribution in [-0.4, -0.2) is 23.8 Å². The van der Waals surface area contributed by atoms with Crippen molar-refractivity contribution >= 4 is 29.8 Å². The summed E-state index contributed by atoms with van der Waals surface area (Å²) < 4.78 is 28.9. The van der Waals surface area contributed by atoms with Crippen LogP contribution in [0.2, 0.25) is 0 Å². The zero-order chi connectivity index (χ0) is 13.5. The Morgan fingerprint density at radius 1 is 1.56 bits per heavy atom. The van der Waals surface area contributed by atoms with Gasteiger partial charge in [-0.1, -0.05) is 11.8 Å². The molecule has 0 radical (unpaired) electrons. The second kappa shape index (κ2) is 6.74. The van der Waals surface area contributed by atoms with Gasteiger partial charge in [-0.3, -0.25) is 9.59 Å². The quantitative estimate of drug-likeness (QED) is 0.469. The molecule has 0 aromatic carbocycles. The zero-order valence-electron chi connectivity index (χ0n) is 8.93. The Labute approximate surface area is 105 Å². The number of nitrogens with two attached hydrogens (primary N) is 1. The first-order chi connectivity index (χ1) is 8.49. The largest absolute Gasteiger partial charge is 0.459 e. The minimum Gasteiger partial charge on any atom is -0.459 e. The van der Waals surface area contributed by atoms with Crippen molar-refractivity contribution in [2.24, 2.45) is 10.8 Å². The molecule has 0 fully saturated rings. The molecule has 1 rings (SSSR count). The second-order valence-electron chi connectivity index (χ2n) is 2.94. The molecule has 0 spiro atoms. The molecule has 1 aromatic rings. The van der Waals surface area contributed by atoms with E-state index in [0.29, 0.717) is 17.5 Å². The molecular formula is C9H9F2N3O3S. The first kappa shape index (κ1) is 14.2. The van der Waals surface area contributed by atoms with Crippen LogP contribution in [0.25, 0.3) is 0 Å². The topological polar surface area (TPSA) is 97.7 Å². The summed E-state index contributed by atoms with van der Waals surface area (Å²) >= 11 is 0.428. The lowest BCUT2D eigenvalue weighted by molar-refractivity contribution is -0.137. The lowest BCUT2D eigenvalue weighted by Crippen LogP contribution is -2.32. The maximum atomic E-state index is 11.9. The number of carbonyl (C=O) groups excluding carboxylic acids is 2. The highest BCUT2D eigenvalue weighted by molar-refractivity contribution is 7.98. The molecule has 9 heteroatoms. The third-order valence-corrected chi connectivity index (χ3v) is 2.32. The molecule has 0 unspecified atom stereocenters. The summed E-state index contributed by atoms with van der Waals surface area (Å²) in [6.45, 7) is 0. The van der Waals surface area contributed by atoms with E-state index in [4.69, 9.17) is 4.42 Å². The highest BCUT2D eigenvalue weighted by Gasteiger charge is 2.07. The monoisotopic (exact) mass is 277 g/mol. The number of primary amides is 1. The molecule has 0 atom stereocenters. The maximum absolute atomic E-state index is 11.9. The maximum Gasteiger partial charge on any atom is 0.329 e. The van der Waals surface area contributed by atoms with Crippen LogP contribution in [0.3, 0.4) is 0 Å². The van der Waals surface area contributed by atoms with E-state index >= 15 is 0 Å². The summed E-state index contributed by atoms with van der Waals surface area (Å²) in [5.41, 5.74) is 6.53. The fourth-order valence-corrected chi connectivity index (χ4v) is 1.34. The molecule has 2 amide bonds. The molecule has 98 valence electrons. The molecule has 0 saturated heterocycles. The lowest BCUT2D eigenvalue weighted by atomic mass is 10.4. The summed E-state index contributed by atoms with van der Waals surface area (Å²) in [5.74, 6) is -4.07. The number of nitrogens with zero attached hydrogens (tertiary/aromatic N) is 1.